The van der Waals surface area contributed by atoms with Crippen LogP contribution < -0.4 is 9.64 Å². The number of amides is 1. The molecule has 0 spiro atoms. The second-order valence-electron chi connectivity index (χ2n) is 7.21. The fraction of sp³-hybridized carbons (Fsp3) is 0.400. The van der Waals surface area contributed by atoms with Gasteiger partial charge in [-0.1, -0.05) is 17.7 Å². The van der Waals surface area contributed by atoms with E-state index in [0.29, 0.717) is 42.8 Å². The Labute approximate surface area is 173 Å². The number of hydrogen-bond acceptors (Lipinski definition) is 6. The van der Waals surface area contributed by atoms with E-state index in [1.54, 1.807) is 29.2 Å². The molecule has 2 aromatic rings. The molecular weight excluding hydrogens is 396 g/mol. The molecule has 2 fully saturated rings. The molecule has 9 heteroatoms. The molecule has 2 heterocycles. The van der Waals surface area contributed by atoms with Gasteiger partial charge in [0, 0.05) is 44.0 Å². The van der Waals surface area contributed by atoms with Crippen molar-refractivity contribution in [2.45, 2.75) is 25.4 Å². The average Bonchev–Trinajstić information content (AvgIpc) is 2.70. The van der Waals surface area contributed by atoms with Gasteiger partial charge in [-0.05, 0) is 37.5 Å². The van der Waals surface area contributed by atoms with Crippen LogP contribution >= 0.6 is 11.6 Å². The number of rotatable bonds is 5. The average molecular weight is 417 g/mol. The third-order valence-electron chi connectivity index (χ3n) is 5.36. The minimum absolute atomic E-state index is 0.0611. The molecule has 1 saturated heterocycles. The summed E-state index contributed by atoms with van der Waals surface area (Å²) in [5.74, 6) is 0.162. The first-order valence-electron chi connectivity index (χ1n) is 9.63. The van der Waals surface area contributed by atoms with Crippen LogP contribution in [0.5, 0.6) is 5.88 Å². The number of pyridine rings is 1. The topological polar surface area (TPSA) is 88.8 Å². The molecule has 8 nitrogen and oxygen atoms in total. The maximum atomic E-state index is 13.1. The molecule has 0 unspecified atom stereocenters. The van der Waals surface area contributed by atoms with E-state index in [4.69, 9.17) is 16.3 Å². The summed E-state index contributed by atoms with van der Waals surface area (Å²) in [7, 11) is 0. The van der Waals surface area contributed by atoms with Crippen LogP contribution in [-0.4, -0.2) is 53.0 Å². The van der Waals surface area contributed by atoms with E-state index in [1.807, 2.05) is 11.0 Å². The van der Waals surface area contributed by atoms with Crippen molar-refractivity contribution in [1.29, 1.82) is 0 Å². The zero-order valence-corrected chi connectivity index (χ0v) is 16.5. The summed E-state index contributed by atoms with van der Waals surface area (Å²) in [5.41, 5.74) is 1.27. The highest BCUT2D eigenvalue weighted by atomic mass is 35.5. The summed E-state index contributed by atoms with van der Waals surface area (Å²) < 4.78 is 5.88. The molecule has 0 atom stereocenters. The maximum Gasteiger partial charge on any atom is 0.271 e. The number of non-ortho nitro benzene ring substituents is 1. The number of carbonyl (C=O) groups is 1. The van der Waals surface area contributed by atoms with Gasteiger partial charge >= 0.3 is 0 Å². The van der Waals surface area contributed by atoms with Gasteiger partial charge in [-0.15, -0.1) is 0 Å². The van der Waals surface area contributed by atoms with Crippen LogP contribution in [0.4, 0.5) is 11.4 Å². The minimum atomic E-state index is -0.402. The number of halogens is 1. The second kappa shape index (κ2) is 8.24. The fourth-order valence-corrected chi connectivity index (χ4v) is 3.60. The summed E-state index contributed by atoms with van der Waals surface area (Å²) in [6.45, 7) is 2.19. The molecule has 0 N–H and O–H groups in total. The Kier molecular flexibility index (Phi) is 5.53. The highest BCUT2D eigenvalue weighted by Crippen LogP contribution is 2.29. The first kappa shape index (κ1) is 19.4. The molecule has 0 radical (unpaired) electrons. The summed E-state index contributed by atoms with van der Waals surface area (Å²) in [5, 5.41) is 11.3. The van der Waals surface area contributed by atoms with E-state index < -0.39 is 4.92 Å². The Hall–Kier alpha value is -2.87. The lowest BCUT2D eigenvalue weighted by atomic mass is 9.96. The molecular formula is C20H21ClN4O4. The number of benzene rings is 1. The van der Waals surface area contributed by atoms with Crippen molar-refractivity contribution in [1.82, 2.24) is 9.88 Å². The van der Waals surface area contributed by atoms with Gasteiger partial charge in [0.05, 0.1) is 4.92 Å². The third-order valence-corrected chi connectivity index (χ3v) is 5.57. The second-order valence-corrected chi connectivity index (χ2v) is 7.60. The van der Waals surface area contributed by atoms with Crippen molar-refractivity contribution < 1.29 is 14.5 Å². The van der Waals surface area contributed by atoms with E-state index in [2.05, 4.69) is 4.98 Å². The summed E-state index contributed by atoms with van der Waals surface area (Å²) in [4.78, 5) is 31.7. The number of nitro benzene ring substituents is 1. The zero-order chi connectivity index (χ0) is 20.4. The number of carbonyl (C=O) groups excluding carboxylic acids is 1. The van der Waals surface area contributed by atoms with Gasteiger partial charge in [-0.25, -0.2) is 4.98 Å². The molecule has 29 heavy (non-hydrogen) atoms. The number of nitrogens with zero attached hydrogens (tertiary/aromatic N) is 4. The molecule has 1 saturated carbocycles. The highest BCUT2D eigenvalue weighted by Gasteiger charge is 2.28. The quantitative estimate of drug-likeness (QED) is 0.421. The van der Waals surface area contributed by atoms with Crippen LogP contribution in [0.15, 0.2) is 36.4 Å². The van der Waals surface area contributed by atoms with Crippen LogP contribution in [0, 0.1) is 10.1 Å². The summed E-state index contributed by atoms with van der Waals surface area (Å²) in [6, 6.07) is 9.82. The van der Waals surface area contributed by atoms with Gasteiger partial charge < -0.3 is 14.5 Å². The number of aromatic nitrogens is 1. The van der Waals surface area contributed by atoms with E-state index in [9.17, 15) is 14.9 Å². The number of anilines is 1. The van der Waals surface area contributed by atoms with Crippen molar-refractivity contribution in [3.05, 3.63) is 57.2 Å². The fourth-order valence-electron chi connectivity index (χ4n) is 3.46. The lowest BCUT2D eigenvalue weighted by Crippen LogP contribution is -2.49. The molecule has 0 bridgehead atoms. The lowest BCUT2D eigenvalue weighted by molar-refractivity contribution is -0.384. The first-order chi connectivity index (χ1) is 14.0. The number of piperazine rings is 1. The molecule has 2 aliphatic rings. The van der Waals surface area contributed by atoms with Crippen molar-refractivity contribution >= 4 is 28.9 Å². The number of nitro groups is 1. The van der Waals surface area contributed by atoms with Gasteiger partial charge in [-0.3, -0.25) is 14.9 Å². The third kappa shape index (κ3) is 4.27. The Bertz CT molecular complexity index is 926. The SMILES string of the molecule is O=C(c1ccc(Cl)nc1OC1CCC1)N1CCN(c2cccc([N+](=O)[O-])c2)CC1. The van der Waals surface area contributed by atoms with Crippen LogP contribution in [0.25, 0.3) is 0 Å². The number of hydrogen-bond donors (Lipinski definition) is 0. The van der Waals surface area contributed by atoms with Crippen molar-refractivity contribution in [2.75, 3.05) is 31.1 Å². The Balaban J connectivity index is 1.44. The maximum absolute atomic E-state index is 13.1. The van der Waals surface area contributed by atoms with Crippen molar-refractivity contribution in [2.24, 2.45) is 0 Å². The predicted octanol–water partition coefficient (Wildman–Crippen LogP) is 3.54. The largest absolute Gasteiger partial charge is 0.474 e. The predicted molar refractivity (Wildman–Crippen MR) is 109 cm³/mol. The minimum Gasteiger partial charge on any atom is -0.474 e. The van der Waals surface area contributed by atoms with E-state index in [-0.39, 0.29) is 17.7 Å². The molecule has 4 rings (SSSR count). The van der Waals surface area contributed by atoms with E-state index in [0.717, 1.165) is 24.9 Å². The highest BCUT2D eigenvalue weighted by molar-refractivity contribution is 6.29. The monoisotopic (exact) mass is 416 g/mol. The van der Waals surface area contributed by atoms with Crippen LogP contribution in [-0.2, 0) is 0 Å². The van der Waals surface area contributed by atoms with E-state index in [1.165, 1.54) is 6.07 Å². The van der Waals surface area contributed by atoms with Crippen molar-refractivity contribution in [3.63, 3.8) is 0 Å². The Morgan fingerprint density at radius 1 is 1.17 bits per heavy atom. The summed E-state index contributed by atoms with van der Waals surface area (Å²) in [6.07, 6.45) is 3.14. The number of ether oxygens (including phenoxy) is 1. The van der Waals surface area contributed by atoms with Crippen LogP contribution in [0.2, 0.25) is 5.15 Å². The Morgan fingerprint density at radius 3 is 2.59 bits per heavy atom. The first-order valence-corrected chi connectivity index (χ1v) is 10.0. The molecule has 1 aromatic carbocycles. The summed E-state index contributed by atoms with van der Waals surface area (Å²) >= 11 is 6.00. The molecule has 152 valence electrons. The normalized spacial score (nSPS) is 17.0. The standard InChI is InChI=1S/C20H21ClN4O4/c21-18-8-7-17(19(22-18)29-16-5-2-6-16)20(26)24-11-9-23(10-12-24)14-3-1-4-15(13-14)25(27)28/h1,3-4,7-8,13,16H,2,5-6,9-12H2. The zero-order valence-electron chi connectivity index (χ0n) is 15.8. The van der Waals surface area contributed by atoms with Gasteiger partial charge in [0.2, 0.25) is 5.88 Å². The smallest absolute Gasteiger partial charge is 0.271 e. The van der Waals surface area contributed by atoms with Gasteiger partial charge in [0.25, 0.3) is 11.6 Å². The van der Waals surface area contributed by atoms with E-state index >= 15 is 0 Å². The molecule has 1 amide bonds. The lowest BCUT2D eigenvalue weighted by Gasteiger charge is -2.36. The molecule has 1 aliphatic carbocycles. The molecule has 1 aromatic heterocycles. The van der Waals surface area contributed by atoms with Gasteiger partial charge in [-0.2, -0.15) is 0 Å². The van der Waals surface area contributed by atoms with Crippen molar-refractivity contribution in [3.8, 4) is 5.88 Å². The molecule has 1 aliphatic heterocycles. The van der Waals surface area contributed by atoms with Crippen LogP contribution in [0.3, 0.4) is 0 Å². The van der Waals surface area contributed by atoms with Crippen LogP contribution in [0.1, 0.15) is 29.6 Å². The Morgan fingerprint density at radius 2 is 1.93 bits per heavy atom. The van der Waals surface area contributed by atoms with Gasteiger partial charge in [0.1, 0.15) is 16.8 Å². The van der Waals surface area contributed by atoms with Gasteiger partial charge in [0.15, 0.2) is 0 Å².